The minimum Gasteiger partial charge on any atom is -0.369 e. The summed E-state index contributed by atoms with van der Waals surface area (Å²) in [4.78, 5) is 30.9. The number of anilines is 1. The van der Waals surface area contributed by atoms with Gasteiger partial charge in [-0.25, -0.2) is 15.0 Å². The number of nitrogens with one attached hydrogen (secondary N) is 1. The molecule has 7 heteroatoms. The van der Waals surface area contributed by atoms with Gasteiger partial charge >= 0.3 is 0 Å². The van der Waals surface area contributed by atoms with Crippen LogP contribution in [0.15, 0.2) is 12.3 Å². The molecule has 0 radical (unpaired) electrons. The molecule has 1 amide bonds. The quantitative estimate of drug-likeness (QED) is 0.787. The number of fused-ring (bicyclic) bond motifs is 1. The Balaban J connectivity index is 1.73. The first-order valence-corrected chi connectivity index (χ1v) is 10.3. The normalized spacial score (nSPS) is 17.3. The number of aromatic nitrogens is 3. The van der Waals surface area contributed by atoms with Crippen LogP contribution in [0.2, 0.25) is 0 Å². The molecule has 2 aromatic rings. The maximum absolute atomic E-state index is 12.5. The molecule has 1 fully saturated rings. The highest BCUT2D eigenvalue weighted by molar-refractivity contribution is 5.80. The lowest BCUT2D eigenvalue weighted by molar-refractivity contribution is -0.125. The topological polar surface area (TPSA) is 74.2 Å². The first-order chi connectivity index (χ1) is 13.5. The molecule has 1 saturated heterocycles. The maximum atomic E-state index is 12.5. The van der Waals surface area contributed by atoms with Gasteiger partial charge in [-0.1, -0.05) is 13.8 Å². The van der Waals surface area contributed by atoms with Gasteiger partial charge in [-0.05, 0) is 45.8 Å². The van der Waals surface area contributed by atoms with Crippen LogP contribution in [-0.2, 0) is 17.6 Å². The number of rotatable bonds is 7. The van der Waals surface area contributed by atoms with E-state index in [4.69, 9.17) is 4.98 Å². The van der Waals surface area contributed by atoms with E-state index >= 15 is 0 Å². The Morgan fingerprint density at radius 1 is 1.25 bits per heavy atom. The fourth-order valence-corrected chi connectivity index (χ4v) is 3.72. The van der Waals surface area contributed by atoms with Gasteiger partial charge in [0.15, 0.2) is 5.65 Å². The number of nitrogens with zero attached hydrogens (tertiary/aromatic N) is 5. The number of carbonyl (C=O) groups is 1. The van der Waals surface area contributed by atoms with Gasteiger partial charge in [-0.2, -0.15) is 0 Å². The number of piperidine rings is 1. The molecule has 0 aliphatic carbocycles. The third-order valence-electron chi connectivity index (χ3n) is 5.35. The molecular weight excluding hydrogens is 352 g/mol. The van der Waals surface area contributed by atoms with Gasteiger partial charge < -0.3 is 15.1 Å². The van der Waals surface area contributed by atoms with E-state index in [1.165, 1.54) is 0 Å². The lowest BCUT2D eigenvalue weighted by Gasteiger charge is -2.33. The molecule has 0 spiro atoms. The monoisotopic (exact) mass is 384 g/mol. The van der Waals surface area contributed by atoms with Crippen molar-refractivity contribution in [2.45, 2.75) is 39.5 Å². The fourth-order valence-electron chi connectivity index (χ4n) is 3.72. The highest BCUT2D eigenvalue weighted by atomic mass is 16.1. The molecule has 2 aromatic heterocycles. The van der Waals surface area contributed by atoms with Gasteiger partial charge in [0, 0.05) is 26.2 Å². The fraction of sp³-hybridized carbons (Fsp3) is 0.619. The summed E-state index contributed by atoms with van der Waals surface area (Å²) in [6.07, 6.45) is 5.55. The van der Waals surface area contributed by atoms with Crippen molar-refractivity contribution in [1.82, 2.24) is 25.2 Å². The standard InChI is InChI=1S/C21H32N6O/c1-5-17-18(6-2)25-20-19(24-17)12-16(13-23-20)27-10-7-8-15(14-27)21(28)22-9-11-26(3)4/h12-13,15H,5-11,14H2,1-4H3,(H,22,28)/t15-/m0/s1. The van der Waals surface area contributed by atoms with Crippen LogP contribution in [0.3, 0.4) is 0 Å². The van der Waals surface area contributed by atoms with Gasteiger partial charge in [-0.3, -0.25) is 4.79 Å². The Hall–Kier alpha value is -2.28. The second-order valence-electron chi connectivity index (χ2n) is 7.74. The smallest absolute Gasteiger partial charge is 0.224 e. The zero-order chi connectivity index (χ0) is 20.1. The van der Waals surface area contributed by atoms with E-state index in [0.29, 0.717) is 12.2 Å². The lowest BCUT2D eigenvalue weighted by Crippen LogP contribution is -2.44. The van der Waals surface area contributed by atoms with Crippen LogP contribution in [0.4, 0.5) is 5.69 Å². The van der Waals surface area contributed by atoms with E-state index in [1.54, 1.807) is 0 Å². The summed E-state index contributed by atoms with van der Waals surface area (Å²) in [6, 6.07) is 2.07. The van der Waals surface area contributed by atoms with E-state index in [1.807, 2.05) is 20.3 Å². The molecule has 0 unspecified atom stereocenters. The van der Waals surface area contributed by atoms with E-state index in [-0.39, 0.29) is 11.8 Å². The summed E-state index contributed by atoms with van der Waals surface area (Å²) < 4.78 is 0. The third-order valence-corrected chi connectivity index (χ3v) is 5.35. The van der Waals surface area contributed by atoms with E-state index in [2.05, 4.69) is 45.0 Å². The molecule has 1 atom stereocenters. The van der Waals surface area contributed by atoms with Crippen molar-refractivity contribution < 1.29 is 4.79 Å². The molecule has 7 nitrogen and oxygen atoms in total. The Morgan fingerprint density at radius 2 is 2.00 bits per heavy atom. The number of hydrogen-bond acceptors (Lipinski definition) is 6. The minimum atomic E-state index is 0.0198. The van der Waals surface area contributed by atoms with Gasteiger partial charge in [0.25, 0.3) is 0 Å². The number of hydrogen-bond donors (Lipinski definition) is 1. The molecule has 3 heterocycles. The van der Waals surface area contributed by atoms with Gasteiger partial charge in [0.1, 0.15) is 5.52 Å². The van der Waals surface area contributed by atoms with Crippen molar-refractivity contribution in [3.8, 4) is 0 Å². The van der Waals surface area contributed by atoms with Crippen LogP contribution in [0.1, 0.15) is 38.1 Å². The van der Waals surface area contributed by atoms with E-state index in [9.17, 15) is 4.79 Å². The third kappa shape index (κ3) is 4.76. The molecule has 0 saturated carbocycles. The minimum absolute atomic E-state index is 0.0198. The second-order valence-corrected chi connectivity index (χ2v) is 7.74. The SMILES string of the molecule is CCc1nc2cc(N3CCC[C@H](C(=O)NCCN(C)C)C3)cnc2nc1CC. The number of aryl methyl sites for hydroxylation is 2. The molecule has 0 aromatic carbocycles. The molecule has 1 aliphatic rings. The van der Waals surface area contributed by atoms with Crippen LogP contribution < -0.4 is 10.2 Å². The van der Waals surface area contributed by atoms with E-state index in [0.717, 1.165) is 67.9 Å². The first-order valence-electron chi connectivity index (χ1n) is 10.3. The zero-order valence-corrected chi connectivity index (χ0v) is 17.5. The Bertz CT molecular complexity index is 822. The summed E-state index contributed by atoms with van der Waals surface area (Å²) in [5.74, 6) is 0.173. The molecule has 1 aliphatic heterocycles. The molecule has 28 heavy (non-hydrogen) atoms. The summed E-state index contributed by atoms with van der Waals surface area (Å²) in [7, 11) is 4.02. The predicted octanol–water partition coefficient (Wildman–Crippen LogP) is 2.04. The van der Waals surface area contributed by atoms with Crippen molar-refractivity contribution in [3.63, 3.8) is 0 Å². The highest BCUT2D eigenvalue weighted by Crippen LogP contribution is 2.25. The molecular formula is C21H32N6O. The Morgan fingerprint density at radius 3 is 2.71 bits per heavy atom. The van der Waals surface area contributed by atoms with Crippen LogP contribution in [0.25, 0.3) is 11.2 Å². The average Bonchev–Trinajstić information content (AvgIpc) is 2.72. The summed E-state index contributed by atoms with van der Waals surface area (Å²) in [5.41, 5.74) is 4.64. The maximum Gasteiger partial charge on any atom is 0.224 e. The van der Waals surface area contributed by atoms with Crippen LogP contribution in [0.5, 0.6) is 0 Å². The van der Waals surface area contributed by atoms with Gasteiger partial charge in [0.05, 0.1) is 29.2 Å². The highest BCUT2D eigenvalue weighted by Gasteiger charge is 2.26. The van der Waals surface area contributed by atoms with Crippen molar-refractivity contribution in [3.05, 3.63) is 23.7 Å². The number of carbonyl (C=O) groups excluding carboxylic acids is 1. The number of amides is 1. The van der Waals surface area contributed by atoms with Gasteiger partial charge in [-0.15, -0.1) is 0 Å². The van der Waals surface area contributed by atoms with Crippen molar-refractivity contribution in [2.24, 2.45) is 5.92 Å². The molecule has 152 valence electrons. The van der Waals surface area contributed by atoms with Crippen molar-refractivity contribution in [1.29, 1.82) is 0 Å². The number of pyridine rings is 1. The second kappa shape index (κ2) is 9.28. The Labute approximate surface area is 167 Å². The number of likely N-dealkylation sites (N-methyl/N-ethyl adjacent to an activating group) is 1. The van der Waals surface area contributed by atoms with Crippen molar-refractivity contribution in [2.75, 3.05) is 45.2 Å². The molecule has 3 rings (SSSR count). The largest absolute Gasteiger partial charge is 0.369 e. The predicted molar refractivity (Wildman–Crippen MR) is 113 cm³/mol. The molecule has 1 N–H and O–H groups in total. The first kappa shape index (κ1) is 20.5. The van der Waals surface area contributed by atoms with Crippen LogP contribution >= 0.6 is 0 Å². The van der Waals surface area contributed by atoms with Crippen LogP contribution in [0, 0.1) is 5.92 Å². The molecule has 0 bridgehead atoms. The summed E-state index contributed by atoms with van der Waals surface area (Å²) >= 11 is 0. The van der Waals surface area contributed by atoms with Crippen molar-refractivity contribution >= 4 is 22.8 Å². The zero-order valence-electron chi connectivity index (χ0n) is 17.5. The van der Waals surface area contributed by atoms with Gasteiger partial charge in [0.2, 0.25) is 5.91 Å². The van der Waals surface area contributed by atoms with Crippen LogP contribution in [-0.4, -0.2) is 66.0 Å². The average molecular weight is 385 g/mol. The Kier molecular flexibility index (Phi) is 6.78. The summed E-state index contributed by atoms with van der Waals surface area (Å²) in [5, 5.41) is 3.07. The van der Waals surface area contributed by atoms with E-state index < -0.39 is 0 Å². The lowest BCUT2D eigenvalue weighted by atomic mass is 9.96. The summed E-state index contributed by atoms with van der Waals surface area (Å²) in [6.45, 7) is 7.42.